The molecule has 0 radical (unpaired) electrons. The molecule has 6 nitrogen and oxygen atoms in total. The van der Waals surface area contributed by atoms with Crippen molar-refractivity contribution < 1.29 is 9.47 Å². The SMILES string of the molecule is COc1ccc(C2SC(C)=Nc3c2c(=O)[nH]n3C(C)C)cc1OC. The molecular weight excluding hydrogens is 326 g/mol. The molecule has 1 aromatic carbocycles. The number of benzene rings is 1. The zero-order valence-corrected chi connectivity index (χ0v) is 15.2. The minimum Gasteiger partial charge on any atom is -0.493 e. The van der Waals surface area contributed by atoms with Crippen molar-refractivity contribution >= 4 is 22.6 Å². The molecule has 3 rings (SSSR count). The molecule has 0 amide bonds. The molecule has 0 bridgehead atoms. The van der Waals surface area contributed by atoms with E-state index in [1.54, 1.807) is 26.0 Å². The molecule has 1 aromatic heterocycles. The lowest BCUT2D eigenvalue weighted by molar-refractivity contribution is 0.354. The van der Waals surface area contributed by atoms with Crippen LogP contribution in [0.5, 0.6) is 11.5 Å². The number of aromatic nitrogens is 2. The molecule has 7 heteroatoms. The van der Waals surface area contributed by atoms with Crippen LogP contribution in [0.25, 0.3) is 0 Å². The molecule has 0 saturated heterocycles. The zero-order valence-electron chi connectivity index (χ0n) is 14.4. The number of H-pyrrole nitrogens is 1. The van der Waals surface area contributed by atoms with E-state index in [1.807, 2.05) is 43.7 Å². The highest BCUT2D eigenvalue weighted by Crippen LogP contribution is 2.45. The Balaban J connectivity index is 2.15. The van der Waals surface area contributed by atoms with Crippen LogP contribution in [0.1, 0.15) is 43.2 Å². The number of hydrogen-bond acceptors (Lipinski definition) is 5. The maximum absolute atomic E-state index is 12.5. The van der Waals surface area contributed by atoms with E-state index in [0.29, 0.717) is 22.9 Å². The van der Waals surface area contributed by atoms with Gasteiger partial charge in [0.2, 0.25) is 0 Å². The molecule has 24 heavy (non-hydrogen) atoms. The third kappa shape index (κ3) is 2.73. The second-order valence-electron chi connectivity index (χ2n) is 5.89. The van der Waals surface area contributed by atoms with Crippen molar-refractivity contribution in [3.63, 3.8) is 0 Å². The van der Waals surface area contributed by atoms with Gasteiger partial charge in [0, 0.05) is 6.04 Å². The standard InChI is InChI=1S/C17H21N3O3S/c1-9(2)20-16-14(17(21)19-20)15(24-10(3)18-16)11-6-7-12(22-4)13(8-11)23-5/h6-9,15H,1-5H3,(H,19,21). The lowest BCUT2D eigenvalue weighted by Gasteiger charge is -2.22. The normalized spacial score (nSPS) is 16.8. The number of ether oxygens (including phenoxy) is 2. The first kappa shape index (κ1) is 16.7. The average Bonchev–Trinajstić information content (AvgIpc) is 2.90. The molecule has 1 unspecified atom stereocenters. The summed E-state index contributed by atoms with van der Waals surface area (Å²) in [5, 5.41) is 3.71. The minimum atomic E-state index is -0.124. The van der Waals surface area contributed by atoms with Gasteiger partial charge in [-0.2, -0.15) is 0 Å². The summed E-state index contributed by atoms with van der Waals surface area (Å²) in [6.07, 6.45) is 0. The van der Waals surface area contributed by atoms with E-state index in [-0.39, 0.29) is 16.9 Å². The summed E-state index contributed by atoms with van der Waals surface area (Å²) in [6.45, 7) is 6.01. The molecule has 2 aromatic rings. The summed E-state index contributed by atoms with van der Waals surface area (Å²) >= 11 is 1.57. The van der Waals surface area contributed by atoms with Gasteiger partial charge >= 0.3 is 0 Å². The highest BCUT2D eigenvalue weighted by atomic mass is 32.2. The predicted molar refractivity (Wildman–Crippen MR) is 97.2 cm³/mol. The molecule has 0 spiro atoms. The topological polar surface area (TPSA) is 68.6 Å². The molecule has 0 fully saturated rings. The molecule has 0 saturated carbocycles. The van der Waals surface area contributed by atoms with Crippen LogP contribution in [0.15, 0.2) is 28.0 Å². The number of rotatable bonds is 4. The van der Waals surface area contributed by atoms with E-state index in [2.05, 4.69) is 10.1 Å². The van der Waals surface area contributed by atoms with Crippen LogP contribution >= 0.6 is 11.8 Å². The number of hydrogen-bond donors (Lipinski definition) is 1. The van der Waals surface area contributed by atoms with Crippen LogP contribution in [-0.4, -0.2) is 29.0 Å². The second kappa shape index (κ2) is 6.39. The molecule has 1 N–H and O–H groups in total. The average molecular weight is 347 g/mol. The lowest BCUT2D eigenvalue weighted by Crippen LogP contribution is -2.13. The summed E-state index contributed by atoms with van der Waals surface area (Å²) in [5.41, 5.74) is 1.58. The Labute approximate surface area is 144 Å². The Kier molecular flexibility index (Phi) is 4.45. The number of nitrogens with zero attached hydrogens (tertiary/aromatic N) is 2. The first-order valence-corrected chi connectivity index (χ1v) is 8.62. The van der Waals surface area contributed by atoms with Gasteiger partial charge in [-0.3, -0.25) is 14.6 Å². The maximum Gasteiger partial charge on any atom is 0.271 e. The van der Waals surface area contributed by atoms with Crippen LogP contribution in [-0.2, 0) is 0 Å². The maximum atomic E-state index is 12.5. The van der Waals surface area contributed by atoms with E-state index in [4.69, 9.17) is 9.47 Å². The minimum absolute atomic E-state index is 0.0952. The van der Waals surface area contributed by atoms with Gasteiger partial charge < -0.3 is 9.47 Å². The lowest BCUT2D eigenvalue weighted by atomic mass is 10.1. The Bertz CT molecular complexity index is 851. The largest absolute Gasteiger partial charge is 0.493 e. The van der Waals surface area contributed by atoms with Crippen molar-refractivity contribution in [2.45, 2.75) is 32.1 Å². The molecule has 1 atom stereocenters. The fourth-order valence-electron chi connectivity index (χ4n) is 2.83. The van der Waals surface area contributed by atoms with Gasteiger partial charge in [0.25, 0.3) is 5.56 Å². The smallest absolute Gasteiger partial charge is 0.271 e. The number of aliphatic imine (C=N–C) groups is 1. The van der Waals surface area contributed by atoms with Crippen molar-refractivity contribution in [2.75, 3.05) is 14.2 Å². The number of fused-ring (bicyclic) bond motifs is 1. The van der Waals surface area contributed by atoms with Crippen LogP contribution in [0.3, 0.4) is 0 Å². The van der Waals surface area contributed by atoms with Gasteiger partial charge in [-0.25, -0.2) is 4.99 Å². The number of methoxy groups -OCH3 is 2. The number of aromatic amines is 1. The summed E-state index contributed by atoms with van der Waals surface area (Å²) in [4.78, 5) is 17.1. The zero-order chi connectivity index (χ0) is 17.4. The van der Waals surface area contributed by atoms with Crippen LogP contribution < -0.4 is 15.0 Å². The van der Waals surface area contributed by atoms with Gasteiger partial charge in [-0.1, -0.05) is 17.8 Å². The first-order chi connectivity index (χ1) is 11.5. The highest BCUT2D eigenvalue weighted by molar-refractivity contribution is 8.14. The third-order valence-electron chi connectivity index (χ3n) is 3.98. The van der Waals surface area contributed by atoms with Crippen LogP contribution in [0.4, 0.5) is 5.82 Å². The number of nitrogens with one attached hydrogen (secondary N) is 1. The third-order valence-corrected chi connectivity index (χ3v) is 5.15. The molecule has 2 heterocycles. The van der Waals surface area contributed by atoms with Gasteiger partial charge in [-0.05, 0) is 38.5 Å². The summed E-state index contributed by atoms with van der Waals surface area (Å²) in [5.74, 6) is 2.03. The predicted octanol–water partition coefficient (Wildman–Crippen LogP) is 3.66. The van der Waals surface area contributed by atoms with Gasteiger partial charge in [0.15, 0.2) is 17.3 Å². The van der Waals surface area contributed by atoms with Crippen molar-refractivity contribution in [2.24, 2.45) is 4.99 Å². The Morgan fingerprint density at radius 3 is 2.58 bits per heavy atom. The molecule has 1 aliphatic heterocycles. The van der Waals surface area contributed by atoms with Gasteiger partial charge in [-0.15, -0.1) is 0 Å². The van der Waals surface area contributed by atoms with Crippen molar-refractivity contribution in [3.8, 4) is 11.5 Å². The number of thioether (sulfide) groups is 1. The summed E-state index contributed by atoms with van der Waals surface area (Å²) in [7, 11) is 3.21. The molecular formula is C17H21N3O3S. The van der Waals surface area contributed by atoms with E-state index >= 15 is 0 Å². The molecule has 0 aliphatic carbocycles. The Morgan fingerprint density at radius 1 is 1.25 bits per heavy atom. The summed E-state index contributed by atoms with van der Waals surface area (Å²) < 4.78 is 12.5. The van der Waals surface area contributed by atoms with Crippen LogP contribution in [0.2, 0.25) is 0 Å². The fraction of sp³-hybridized carbons (Fsp3) is 0.412. The van der Waals surface area contributed by atoms with Crippen molar-refractivity contribution in [1.29, 1.82) is 0 Å². The second-order valence-corrected chi connectivity index (χ2v) is 7.18. The fourth-order valence-corrected chi connectivity index (χ4v) is 3.93. The van der Waals surface area contributed by atoms with E-state index in [9.17, 15) is 4.79 Å². The van der Waals surface area contributed by atoms with E-state index < -0.39 is 0 Å². The quantitative estimate of drug-likeness (QED) is 0.916. The van der Waals surface area contributed by atoms with E-state index in [1.165, 1.54) is 0 Å². The molecule has 1 aliphatic rings. The Hall–Kier alpha value is -2.15. The van der Waals surface area contributed by atoms with Gasteiger partial charge in [0.05, 0.1) is 30.1 Å². The highest BCUT2D eigenvalue weighted by Gasteiger charge is 2.31. The van der Waals surface area contributed by atoms with E-state index in [0.717, 1.165) is 10.6 Å². The monoisotopic (exact) mass is 347 g/mol. The summed E-state index contributed by atoms with van der Waals surface area (Å²) in [6, 6.07) is 5.88. The Morgan fingerprint density at radius 2 is 1.96 bits per heavy atom. The van der Waals surface area contributed by atoms with Gasteiger partial charge in [0.1, 0.15) is 0 Å². The van der Waals surface area contributed by atoms with Crippen molar-refractivity contribution in [3.05, 3.63) is 39.7 Å². The van der Waals surface area contributed by atoms with Crippen molar-refractivity contribution in [1.82, 2.24) is 9.78 Å². The first-order valence-electron chi connectivity index (χ1n) is 7.74. The molecule has 128 valence electrons. The van der Waals surface area contributed by atoms with Crippen LogP contribution in [0, 0.1) is 0 Å².